The van der Waals surface area contributed by atoms with Crippen molar-refractivity contribution in [1.29, 1.82) is 0 Å². The molecular weight excluding hydrogens is 566 g/mol. The van der Waals surface area contributed by atoms with Crippen LogP contribution < -0.4 is 15.5 Å². The number of methoxy groups -OCH3 is 2. The summed E-state index contributed by atoms with van der Waals surface area (Å²) in [5.41, 5.74) is 5.20. The van der Waals surface area contributed by atoms with Crippen LogP contribution >= 0.6 is 11.6 Å². The Labute approximate surface area is 257 Å². The highest BCUT2D eigenvalue weighted by atomic mass is 35.5. The van der Waals surface area contributed by atoms with Crippen molar-refractivity contribution in [1.82, 2.24) is 5.32 Å². The van der Waals surface area contributed by atoms with Crippen LogP contribution in [0.5, 0.6) is 0 Å². The number of halogens is 1. The zero-order valence-corrected chi connectivity index (χ0v) is 25.0. The van der Waals surface area contributed by atoms with E-state index < -0.39 is 18.3 Å². The smallest absolute Gasteiger partial charge is 0.414 e. The Balaban J connectivity index is 1.52. The molecule has 9 heteroatoms. The fourth-order valence-electron chi connectivity index (χ4n) is 4.83. The highest BCUT2D eigenvalue weighted by Crippen LogP contribution is 2.31. The van der Waals surface area contributed by atoms with E-state index in [9.17, 15) is 14.7 Å². The fourth-order valence-corrected chi connectivity index (χ4v) is 5.03. The molecule has 3 N–H and O–H groups in total. The third-order valence-corrected chi connectivity index (χ3v) is 7.35. The van der Waals surface area contributed by atoms with Crippen molar-refractivity contribution in [2.45, 2.75) is 25.0 Å². The molecule has 0 aliphatic heterocycles. The number of aliphatic hydroxyl groups is 1. The van der Waals surface area contributed by atoms with E-state index in [1.807, 2.05) is 91.0 Å². The summed E-state index contributed by atoms with van der Waals surface area (Å²) >= 11 is 6.08. The van der Waals surface area contributed by atoms with Gasteiger partial charge in [0, 0.05) is 28.9 Å². The second-order valence-corrected chi connectivity index (χ2v) is 10.4. The molecule has 0 fully saturated rings. The number of aliphatic hydroxyl groups excluding tert-OH is 1. The van der Waals surface area contributed by atoms with E-state index in [2.05, 4.69) is 10.6 Å². The van der Waals surface area contributed by atoms with Crippen LogP contribution in [0.15, 0.2) is 103 Å². The number of hydrogen-bond donors (Lipinski definition) is 3. The van der Waals surface area contributed by atoms with Gasteiger partial charge in [0.15, 0.2) is 0 Å². The maximum atomic E-state index is 12.7. The van der Waals surface area contributed by atoms with Gasteiger partial charge in [0.1, 0.15) is 0 Å². The van der Waals surface area contributed by atoms with Crippen LogP contribution in [0.4, 0.5) is 21.0 Å². The molecule has 0 heterocycles. The lowest BCUT2D eigenvalue weighted by atomic mass is 9.88. The van der Waals surface area contributed by atoms with Gasteiger partial charge in [0.2, 0.25) is 0 Å². The SMILES string of the molecule is COC(=O)Nc1ccc(C(CCNC[C@H](O)c2cccc(Cl)c2)c2ccc(N(Cc3ccccc3)C(=O)OC)cc2)cc1. The van der Waals surface area contributed by atoms with E-state index in [1.54, 1.807) is 17.0 Å². The lowest BCUT2D eigenvalue weighted by Gasteiger charge is -2.23. The molecule has 0 bridgehead atoms. The molecule has 4 aromatic rings. The number of nitrogens with one attached hydrogen (secondary N) is 2. The summed E-state index contributed by atoms with van der Waals surface area (Å²) in [5, 5.41) is 17.2. The van der Waals surface area contributed by atoms with Gasteiger partial charge in [-0.25, -0.2) is 9.59 Å². The second kappa shape index (κ2) is 15.7. The molecule has 0 aliphatic carbocycles. The minimum atomic E-state index is -0.686. The summed E-state index contributed by atoms with van der Waals surface area (Å²) < 4.78 is 9.76. The summed E-state index contributed by atoms with van der Waals surface area (Å²) in [6.45, 7) is 1.39. The lowest BCUT2D eigenvalue weighted by Crippen LogP contribution is -2.30. The number of hydrogen-bond acceptors (Lipinski definition) is 6. The van der Waals surface area contributed by atoms with Crippen LogP contribution in [0.3, 0.4) is 0 Å². The first-order valence-electron chi connectivity index (χ1n) is 14.0. The van der Waals surface area contributed by atoms with Crippen molar-refractivity contribution in [2.75, 3.05) is 37.5 Å². The molecule has 0 saturated carbocycles. The quantitative estimate of drug-likeness (QED) is 0.149. The summed E-state index contributed by atoms with van der Waals surface area (Å²) in [5.74, 6) is -0.00209. The number of anilines is 2. The highest BCUT2D eigenvalue weighted by Gasteiger charge is 2.19. The van der Waals surface area contributed by atoms with Gasteiger partial charge in [0.05, 0.1) is 26.9 Å². The maximum Gasteiger partial charge on any atom is 0.414 e. The lowest BCUT2D eigenvalue weighted by molar-refractivity contribution is 0.174. The van der Waals surface area contributed by atoms with Crippen LogP contribution in [0.1, 0.15) is 40.7 Å². The van der Waals surface area contributed by atoms with Gasteiger partial charge < -0.3 is 19.9 Å². The number of rotatable bonds is 12. The van der Waals surface area contributed by atoms with Gasteiger partial charge in [-0.3, -0.25) is 10.2 Å². The van der Waals surface area contributed by atoms with Crippen molar-refractivity contribution < 1.29 is 24.2 Å². The number of benzene rings is 4. The van der Waals surface area contributed by atoms with Crippen LogP contribution in [0, 0.1) is 0 Å². The van der Waals surface area contributed by atoms with Gasteiger partial charge >= 0.3 is 12.2 Å². The zero-order valence-electron chi connectivity index (χ0n) is 24.2. The number of amides is 2. The summed E-state index contributed by atoms with van der Waals surface area (Å²) in [4.78, 5) is 25.9. The van der Waals surface area contributed by atoms with E-state index in [4.69, 9.17) is 21.1 Å². The van der Waals surface area contributed by atoms with Crippen LogP contribution in [0.25, 0.3) is 0 Å². The minimum Gasteiger partial charge on any atom is -0.453 e. The number of nitrogens with zero attached hydrogens (tertiary/aromatic N) is 1. The predicted octanol–water partition coefficient (Wildman–Crippen LogP) is 7.14. The van der Waals surface area contributed by atoms with E-state index in [0.717, 1.165) is 34.4 Å². The van der Waals surface area contributed by atoms with E-state index >= 15 is 0 Å². The Morgan fingerprint density at radius 1 is 0.837 bits per heavy atom. The molecular formula is C34H36ClN3O5. The molecule has 1 unspecified atom stereocenters. The fraction of sp³-hybridized carbons (Fsp3) is 0.235. The first-order chi connectivity index (χ1) is 20.9. The van der Waals surface area contributed by atoms with Gasteiger partial charge in [-0.15, -0.1) is 0 Å². The van der Waals surface area contributed by atoms with Crippen LogP contribution in [-0.2, 0) is 16.0 Å². The van der Waals surface area contributed by atoms with Crippen molar-refractivity contribution in [2.24, 2.45) is 0 Å². The van der Waals surface area contributed by atoms with Gasteiger partial charge in [0.25, 0.3) is 0 Å². The predicted molar refractivity (Wildman–Crippen MR) is 170 cm³/mol. The molecule has 4 rings (SSSR count). The summed E-state index contributed by atoms with van der Waals surface area (Å²) in [6, 6.07) is 32.4. The van der Waals surface area contributed by atoms with E-state index in [-0.39, 0.29) is 5.92 Å². The molecule has 2 atom stereocenters. The Morgan fingerprint density at radius 3 is 2.14 bits per heavy atom. The van der Waals surface area contributed by atoms with Crippen LogP contribution in [0.2, 0.25) is 5.02 Å². The Kier molecular flexibility index (Phi) is 11.6. The minimum absolute atomic E-state index is 0.00209. The highest BCUT2D eigenvalue weighted by molar-refractivity contribution is 6.30. The molecule has 0 aromatic heterocycles. The topological polar surface area (TPSA) is 100 Å². The average Bonchev–Trinajstić information content (AvgIpc) is 3.04. The molecule has 4 aromatic carbocycles. The third-order valence-electron chi connectivity index (χ3n) is 7.11. The second-order valence-electron chi connectivity index (χ2n) is 9.99. The Hall–Kier alpha value is -4.37. The van der Waals surface area contributed by atoms with Gasteiger partial charge in [-0.1, -0.05) is 78.3 Å². The van der Waals surface area contributed by atoms with Crippen LogP contribution in [-0.4, -0.2) is 44.6 Å². The molecule has 0 aliphatic rings. The molecule has 224 valence electrons. The molecule has 2 amide bonds. The zero-order chi connectivity index (χ0) is 30.6. The van der Waals surface area contributed by atoms with Gasteiger partial charge in [-0.2, -0.15) is 0 Å². The van der Waals surface area contributed by atoms with E-state index in [1.165, 1.54) is 14.2 Å². The maximum absolute atomic E-state index is 12.7. The monoisotopic (exact) mass is 601 g/mol. The van der Waals surface area contributed by atoms with Gasteiger partial charge in [-0.05, 0) is 71.6 Å². The molecule has 0 saturated heterocycles. The molecule has 0 radical (unpaired) electrons. The normalized spacial score (nSPS) is 12.2. The molecule has 0 spiro atoms. The Morgan fingerprint density at radius 2 is 1.51 bits per heavy atom. The van der Waals surface area contributed by atoms with E-state index in [0.29, 0.717) is 30.3 Å². The van der Waals surface area contributed by atoms with Crippen molar-refractivity contribution in [3.8, 4) is 0 Å². The first-order valence-corrected chi connectivity index (χ1v) is 14.3. The molecule has 8 nitrogen and oxygen atoms in total. The molecule has 43 heavy (non-hydrogen) atoms. The Bertz CT molecular complexity index is 1470. The number of carbonyl (C=O) groups excluding carboxylic acids is 2. The number of carbonyl (C=O) groups is 2. The van der Waals surface area contributed by atoms with Crippen molar-refractivity contribution in [3.05, 3.63) is 130 Å². The number of ether oxygens (including phenoxy) is 2. The third kappa shape index (κ3) is 9.06. The van der Waals surface area contributed by atoms with Crippen molar-refractivity contribution >= 4 is 35.2 Å². The summed E-state index contributed by atoms with van der Waals surface area (Å²) in [6.07, 6.45) is -0.929. The average molecular weight is 602 g/mol. The first kappa shape index (κ1) is 31.6. The largest absolute Gasteiger partial charge is 0.453 e. The van der Waals surface area contributed by atoms with Crippen molar-refractivity contribution in [3.63, 3.8) is 0 Å². The standard InChI is InChI=1S/C34H36ClN3O5/c1-42-33(40)37-29-15-11-25(12-16-29)31(19-20-36-22-32(39)27-9-6-10-28(35)21-27)26-13-17-30(18-14-26)38(34(41)43-2)23-24-7-4-3-5-8-24/h3-18,21,31-32,36,39H,19-20,22-23H2,1-2H3,(H,37,40)/t31?,32-/m0/s1. The summed E-state index contributed by atoms with van der Waals surface area (Å²) in [7, 11) is 2.70.